The van der Waals surface area contributed by atoms with Gasteiger partial charge in [-0.05, 0) is 104 Å². The molecule has 0 amide bonds. The van der Waals surface area contributed by atoms with E-state index in [4.69, 9.17) is 4.98 Å². The predicted molar refractivity (Wildman–Crippen MR) is 212 cm³/mol. The second-order valence-corrected chi connectivity index (χ2v) is 13.8. The number of pyridine rings is 1. The third-order valence-corrected chi connectivity index (χ3v) is 11.1. The summed E-state index contributed by atoms with van der Waals surface area (Å²) in [5.41, 5.74) is 12.9. The fourth-order valence-electron chi connectivity index (χ4n) is 7.50. The maximum atomic E-state index is 4.83. The number of hydrogen-bond acceptors (Lipinski definition) is 2. The lowest BCUT2D eigenvalue weighted by atomic mass is 9.92. The number of fused-ring (bicyclic) bond motifs is 11. The minimum absolute atomic E-state index is 0.968. The first-order chi connectivity index (χ1) is 24.8. The Morgan fingerprint density at radius 3 is 2.10 bits per heavy atom. The molecule has 3 heterocycles. The molecule has 234 valence electrons. The van der Waals surface area contributed by atoms with Gasteiger partial charge >= 0.3 is 0 Å². The van der Waals surface area contributed by atoms with Crippen molar-refractivity contribution in [2.24, 2.45) is 0 Å². The number of hydrogen-bond donors (Lipinski definition) is 0. The standard InChI is InChI=1S/C47H30N2S/c1-2-13-36(14-3-1)49-44-27-25-35(30-43(44)41-18-10-28-48-47(41)49)34-23-22-33-21-20-31-11-4-6-15-37(31)39-17-8-9-19-45(39)50-46-38-16-7-5-12-32(38)24-26-40(46)42(33)29-34/h1-30H/b21-20-. The topological polar surface area (TPSA) is 17.8 Å². The summed E-state index contributed by atoms with van der Waals surface area (Å²) in [7, 11) is 0. The highest BCUT2D eigenvalue weighted by Crippen LogP contribution is 2.47. The molecule has 0 saturated carbocycles. The zero-order valence-corrected chi connectivity index (χ0v) is 27.9. The SMILES string of the molecule is C1=C\c2ccc(-c3ccc4c(c3)c3cccnc3n4-c3ccccc3)cc2-c2ccc3ccccc3c2Sc2ccccc2-c2ccccc2/1. The molecule has 0 bridgehead atoms. The Morgan fingerprint density at radius 1 is 0.460 bits per heavy atom. The van der Waals surface area contributed by atoms with Gasteiger partial charge in [-0.1, -0.05) is 139 Å². The minimum Gasteiger partial charge on any atom is -0.294 e. The van der Waals surface area contributed by atoms with Gasteiger partial charge in [-0.15, -0.1) is 0 Å². The van der Waals surface area contributed by atoms with Gasteiger partial charge in [0.1, 0.15) is 5.65 Å². The highest BCUT2D eigenvalue weighted by Gasteiger charge is 2.19. The van der Waals surface area contributed by atoms with Crippen molar-refractivity contribution in [1.82, 2.24) is 9.55 Å². The Morgan fingerprint density at radius 2 is 1.18 bits per heavy atom. The van der Waals surface area contributed by atoms with Gasteiger partial charge in [-0.2, -0.15) is 0 Å². The fourth-order valence-corrected chi connectivity index (χ4v) is 8.74. The van der Waals surface area contributed by atoms with Crippen LogP contribution in [-0.4, -0.2) is 9.55 Å². The Kier molecular flexibility index (Phi) is 6.78. The first kappa shape index (κ1) is 28.8. The van der Waals surface area contributed by atoms with Gasteiger partial charge < -0.3 is 0 Å². The summed E-state index contributed by atoms with van der Waals surface area (Å²) in [6.45, 7) is 0. The van der Waals surface area contributed by atoms with Crippen molar-refractivity contribution in [3.63, 3.8) is 0 Å². The second kappa shape index (κ2) is 11.8. The zero-order chi connectivity index (χ0) is 33.0. The number of para-hydroxylation sites is 1. The first-order valence-corrected chi connectivity index (χ1v) is 17.8. The fraction of sp³-hybridized carbons (Fsp3) is 0. The first-order valence-electron chi connectivity index (χ1n) is 17.0. The van der Waals surface area contributed by atoms with Gasteiger partial charge in [0.25, 0.3) is 0 Å². The maximum absolute atomic E-state index is 4.83. The predicted octanol–water partition coefficient (Wildman–Crippen LogP) is 13.0. The van der Waals surface area contributed by atoms with Crippen molar-refractivity contribution in [2.45, 2.75) is 9.79 Å². The molecule has 0 atom stereocenters. The van der Waals surface area contributed by atoms with Crippen molar-refractivity contribution in [3.05, 3.63) is 181 Å². The monoisotopic (exact) mass is 654 g/mol. The van der Waals surface area contributed by atoms with Gasteiger partial charge in [0, 0.05) is 32.4 Å². The Hall–Kier alpha value is -6.16. The molecule has 2 aromatic heterocycles. The van der Waals surface area contributed by atoms with E-state index in [1.165, 1.54) is 70.5 Å². The number of rotatable bonds is 2. The molecule has 0 aliphatic carbocycles. The molecular formula is C47H30N2S. The molecule has 0 fully saturated rings. The molecule has 0 spiro atoms. The second-order valence-electron chi connectivity index (χ2n) is 12.8. The van der Waals surface area contributed by atoms with E-state index in [1.54, 1.807) is 0 Å². The van der Waals surface area contributed by atoms with Crippen LogP contribution in [0.25, 0.3) is 83.9 Å². The van der Waals surface area contributed by atoms with E-state index >= 15 is 0 Å². The van der Waals surface area contributed by atoms with E-state index in [9.17, 15) is 0 Å². The molecule has 2 nitrogen and oxygen atoms in total. The summed E-state index contributed by atoms with van der Waals surface area (Å²) in [4.78, 5) is 7.36. The van der Waals surface area contributed by atoms with Crippen molar-refractivity contribution in [2.75, 3.05) is 0 Å². The van der Waals surface area contributed by atoms with Crippen molar-refractivity contribution in [3.8, 4) is 39.1 Å². The molecule has 10 rings (SSSR count). The molecule has 50 heavy (non-hydrogen) atoms. The Labute approximate surface area is 295 Å². The van der Waals surface area contributed by atoms with E-state index in [1.807, 2.05) is 24.0 Å². The summed E-state index contributed by atoms with van der Waals surface area (Å²) in [6.07, 6.45) is 6.45. The highest BCUT2D eigenvalue weighted by atomic mass is 32.2. The van der Waals surface area contributed by atoms with Crippen LogP contribution < -0.4 is 0 Å². The summed E-state index contributed by atoms with van der Waals surface area (Å²) < 4.78 is 2.27. The van der Waals surface area contributed by atoms with Gasteiger partial charge in [0.2, 0.25) is 0 Å². The molecule has 1 aliphatic heterocycles. The average Bonchev–Trinajstić information content (AvgIpc) is 3.50. The molecule has 3 heteroatoms. The lowest BCUT2D eigenvalue weighted by Crippen LogP contribution is -1.94. The normalized spacial score (nSPS) is 12.9. The third kappa shape index (κ3) is 4.70. The lowest BCUT2D eigenvalue weighted by Gasteiger charge is -2.17. The zero-order valence-electron chi connectivity index (χ0n) is 27.1. The summed E-state index contributed by atoms with van der Waals surface area (Å²) in [5.74, 6) is 0. The van der Waals surface area contributed by atoms with Crippen molar-refractivity contribution in [1.29, 1.82) is 0 Å². The Bertz CT molecular complexity index is 2790. The molecule has 0 radical (unpaired) electrons. The molecule has 0 N–H and O–H groups in total. The number of nitrogens with zero attached hydrogens (tertiary/aromatic N) is 2. The quantitative estimate of drug-likeness (QED) is 0.185. The number of aromatic nitrogens is 2. The molecule has 7 aromatic carbocycles. The van der Waals surface area contributed by atoms with Crippen LogP contribution >= 0.6 is 11.8 Å². The largest absolute Gasteiger partial charge is 0.294 e. The maximum Gasteiger partial charge on any atom is 0.145 e. The third-order valence-electron chi connectivity index (χ3n) is 9.89. The van der Waals surface area contributed by atoms with Crippen LogP contribution in [-0.2, 0) is 0 Å². The van der Waals surface area contributed by atoms with E-state index in [2.05, 4.69) is 174 Å². The van der Waals surface area contributed by atoms with Crippen LogP contribution in [0.3, 0.4) is 0 Å². The van der Waals surface area contributed by atoms with Gasteiger partial charge in [-0.25, -0.2) is 4.98 Å². The average molecular weight is 655 g/mol. The van der Waals surface area contributed by atoms with Crippen LogP contribution in [0.4, 0.5) is 0 Å². The molecule has 1 aliphatic rings. The van der Waals surface area contributed by atoms with Crippen LogP contribution in [0.2, 0.25) is 0 Å². The number of benzene rings is 7. The van der Waals surface area contributed by atoms with Gasteiger partial charge in [0.05, 0.1) is 5.52 Å². The van der Waals surface area contributed by atoms with Crippen LogP contribution in [0.1, 0.15) is 11.1 Å². The minimum atomic E-state index is 0.968. The van der Waals surface area contributed by atoms with Crippen LogP contribution in [0.5, 0.6) is 0 Å². The summed E-state index contributed by atoms with van der Waals surface area (Å²) in [5, 5.41) is 4.85. The van der Waals surface area contributed by atoms with Crippen LogP contribution in [0, 0.1) is 0 Å². The van der Waals surface area contributed by atoms with Crippen LogP contribution in [0.15, 0.2) is 180 Å². The molecule has 0 saturated heterocycles. The van der Waals surface area contributed by atoms with E-state index in [0.717, 1.165) is 22.2 Å². The molecule has 9 aromatic rings. The Balaban J connectivity index is 1.22. The van der Waals surface area contributed by atoms with E-state index in [-0.39, 0.29) is 0 Å². The molecular weight excluding hydrogens is 625 g/mol. The van der Waals surface area contributed by atoms with Crippen molar-refractivity contribution < 1.29 is 0 Å². The smallest absolute Gasteiger partial charge is 0.145 e. The lowest BCUT2D eigenvalue weighted by molar-refractivity contribution is 1.14. The molecule has 0 unspecified atom stereocenters. The van der Waals surface area contributed by atoms with E-state index < -0.39 is 0 Å². The van der Waals surface area contributed by atoms with Gasteiger partial charge in [-0.3, -0.25) is 4.57 Å². The summed E-state index contributed by atoms with van der Waals surface area (Å²) in [6, 6.07) is 59.4. The van der Waals surface area contributed by atoms with Gasteiger partial charge in [0.15, 0.2) is 0 Å². The highest BCUT2D eigenvalue weighted by molar-refractivity contribution is 7.99. The van der Waals surface area contributed by atoms with Crippen molar-refractivity contribution >= 4 is 56.6 Å². The van der Waals surface area contributed by atoms with E-state index in [0.29, 0.717) is 0 Å². The summed E-state index contributed by atoms with van der Waals surface area (Å²) >= 11 is 1.87.